The molecule has 1 fully saturated rings. The van der Waals surface area contributed by atoms with Gasteiger partial charge in [0.15, 0.2) is 0 Å². The Bertz CT molecular complexity index is 1210. The topological polar surface area (TPSA) is 94.2 Å². The van der Waals surface area contributed by atoms with Crippen LogP contribution in [0.1, 0.15) is 46.8 Å². The molecule has 1 saturated heterocycles. The molecule has 11 heteroatoms. The third-order valence-electron chi connectivity index (χ3n) is 6.95. The molecule has 35 heavy (non-hydrogen) atoms. The van der Waals surface area contributed by atoms with Gasteiger partial charge in [-0.25, -0.2) is 18.7 Å². The van der Waals surface area contributed by atoms with E-state index in [9.17, 15) is 22.8 Å². The van der Waals surface area contributed by atoms with Crippen LogP contribution in [0.15, 0.2) is 23.0 Å². The van der Waals surface area contributed by atoms with Gasteiger partial charge in [0.2, 0.25) is 5.95 Å². The van der Waals surface area contributed by atoms with E-state index in [1.165, 1.54) is 12.1 Å². The van der Waals surface area contributed by atoms with Gasteiger partial charge < -0.3 is 15.2 Å². The zero-order valence-corrected chi connectivity index (χ0v) is 19.2. The maximum Gasteiger partial charge on any atom is 0.270 e. The molecule has 186 valence electrons. The summed E-state index contributed by atoms with van der Waals surface area (Å²) in [7, 11) is 0. The first-order chi connectivity index (χ1) is 16.9. The smallest absolute Gasteiger partial charge is 0.270 e. The zero-order chi connectivity index (χ0) is 24.5. The van der Waals surface area contributed by atoms with E-state index in [1.54, 1.807) is 0 Å². The molecule has 0 spiro atoms. The number of hydrogen-bond donors (Lipinski definition) is 2. The number of H-pyrrole nitrogens is 1. The lowest BCUT2D eigenvalue weighted by molar-refractivity contribution is 0.0886. The fourth-order valence-corrected chi connectivity index (χ4v) is 5.13. The lowest BCUT2D eigenvalue weighted by Crippen LogP contribution is -2.49. The van der Waals surface area contributed by atoms with Gasteiger partial charge in [-0.1, -0.05) is 6.08 Å². The van der Waals surface area contributed by atoms with Crippen LogP contribution in [0.2, 0.25) is 0 Å². The van der Waals surface area contributed by atoms with E-state index in [-0.39, 0.29) is 23.0 Å². The zero-order valence-electron chi connectivity index (χ0n) is 19.2. The standard InChI is InChI=1S/C24H27F3N6O2/c25-20(26)13-28-24(35)18-6-7-19(21(27)29-18)33-10-8-32(9-11-33)15-5-4-14(12-15)22-30-17-3-1-2-16(17)23(34)31-22/h6-7,12,15,20H,1-5,8-11,13H2,(H,28,35)(H,30,31,34). The minimum absolute atomic E-state index is 0.0198. The van der Waals surface area contributed by atoms with Crippen molar-refractivity contribution in [3.8, 4) is 0 Å². The second kappa shape index (κ2) is 9.80. The molecule has 2 aliphatic carbocycles. The maximum absolute atomic E-state index is 14.6. The van der Waals surface area contributed by atoms with E-state index in [0.717, 1.165) is 62.0 Å². The number of halogens is 3. The summed E-state index contributed by atoms with van der Waals surface area (Å²) in [5.41, 5.74) is 2.86. The number of rotatable bonds is 6. The molecule has 0 bridgehead atoms. The summed E-state index contributed by atoms with van der Waals surface area (Å²) in [5, 5.41) is 2.02. The van der Waals surface area contributed by atoms with Gasteiger partial charge in [0.05, 0.1) is 17.9 Å². The van der Waals surface area contributed by atoms with E-state index in [1.807, 2.05) is 10.2 Å². The van der Waals surface area contributed by atoms with Crippen LogP contribution in [-0.4, -0.2) is 71.0 Å². The number of aromatic amines is 1. The normalized spacial score (nSPS) is 20.3. The van der Waals surface area contributed by atoms with Crippen molar-refractivity contribution in [3.05, 3.63) is 57.3 Å². The molecule has 2 aromatic rings. The monoisotopic (exact) mass is 488 g/mol. The number of piperazine rings is 1. The molecule has 1 atom stereocenters. The maximum atomic E-state index is 14.6. The van der Waals surface area contributed by atoms with Crippen LogP contribution in [0, 0.1) is 5.95 Å². The number of pyridine rings is 1. The fourth-order valence-electron chi connectivity index (χ4n) is 5.13. The van der Waals surface area contributed by atoms with E-state index in [2.05, 4.69) is 20.9 Å². The van der Waals surface area contributed by atoms with E-state index in [4.69, 9.17) is 4.98 Å². The summed E-state index contributed by atoms with van der Waals surface area (Å²) < 4.78 is 39.2. The highest BCUT2D eigenvalue weighted by molar-refractivity contribution is 5.92. The Kier molecular flexibility index (Phi) is 6.59. The van der Waals surface area contributed by atoms with Gasteiger partial charge >= 0.3 is 0 Å². The van der Waals surface area contributed by atoms with Crippen molar-refractivity contribution >= 4 is 17.2 Å². The lowest BCUT2D eigenvalue weighted by atomic mass is 10.2. The number of allylic oxidation sites excluding steroid dienone is 1. The molecular formula is C24H27F3N6O2. The first-order valence-corrected chi connectivity index (χ1v) is 11.9. The number of amides is 1. The summed E-state index contributed by atoms with van der Waals surface area (Å²) in [6.07, 6.45) is 3.92. The molecule has 0 aromatic carbocycles. The molecule has 3 heterocycles. The molecule has 1 amide bonds. The molecule has 3 aliphatic rings. The highest BCUT2D eigenvalue weighted by atomic mass is 19.3. The van der Waals surface area contributed by atoms with Gasteiger partial charge in [-0.05, 0) is 49.8 Å². The van der Waals surface area contributed by atoms with Gasteiger partial charge in [-0.2, -0.15) is 4.39 Å². The van der Waals surface area contributed by atoms with Gasteiger partial charge in [0.1, 0.15) is 11.5 Å². The average molecular weight is 489 g/mol. The quantitative estimate of drug-likeness (QED) is 0.606. The molecule has 2 aromatic heterocycles. The number of aromatic nitrogens is 3. The second-order valence-corrected chi connectivity index (χ2v) is 9.12. The third-order valence-corrected chi connectivity index (χ3v) is 6.95. The fraction of sp³-hybridized carbons (Fsp3) is 0.500. The van der Waals surface area contributed by atoms with Crippen LogP contribution >= 0.6 is 0 Å². The lowest BCUT2D eigenvalue weighted by Gasteiger charge is -2.38. The van der Waals surface area contributed by atoms with Crippen molar-refractivity contribution in [2.45, 2.75) is 44.6 Å². The predicted molar refractivity (Wildman–Crippen MR) is 124 cm³/mol. The molecule has 8 nitrogen and oxygen atoms in total. The van der Waals surface area contributed by atoms with Crippen LogP contribution in [-0.2, 0) is 12.8 Å². The van der Waals surface area contributed by atoms with Gasteiger partial charge in [-0.15, -0.1) is 0 Å². The summed E-state index contributed by atoms with van der Waals surface area (Å²) in [4.78, 5) is 39.8. The van der Waals surface area contributed by atoms with Gasteiger partial charge in [0.25, 0.3) is 17.9 Å². The van der Waals surface area contributed by atoms with Crippen molar-refractivity contribution in [3.63, 3.8) is 0 Å². The Hall–Kier alpha value is -3.21. The molecule has 0 saturated carbocycles. The highest BCUT2D eigenvalue weighted by Gasteiger charge is 2.29. The molecule has 5 rings (SSSR count). The average Bonchev–Trinajstić information content (AvgIpc) is 3.53. The van der Waals surface area contributed by atoms with E-state index in [0.29, 0.717) is 18.9 Å². The third kappa shape index (κ3) is 4.95. The van der Waals surface area contributed by atoms with Crippen LogP contribution < -0.4 is 15.8 Å². The highest BCUT2D eigenvalue weighted by Crippen LogP contribution is 2.30. The summed E-state index contributed by atoms with van der Waals surface area (Å²) in [6.45, 7) is 1.81. The number of nitrogens with one attached hydrogen (secondary N) is 2. The Morgan fingerprint density at radius 3 is 2.69 bits per heavy atom. The van der Waals surface area contributed by atoms with Gasteiger partial charge in [0, 0.05) is 37.8 Å². The Morgan fingerprint density at radius 1 is 1.14 bits per heavy atom. The minimum atomic E-state index is -2.68. The van der Waals surface area contributed by atoms with E-state index >= 15 is 0 Å². The van der Waals surface area contributed by atoms with Crippen molar-refractivity contribution in [2.24, 2.45) is 0 Å². The molecule has 1 aliphatic heterocycles. The predicted octanol–water partition coefficient (Wildman–Crippen LogP) is 2.16. The number of alkyl halides is 2. The Morgan fingerprint density at radius 2 is 1.94 bits per heavy atom. The van der Waals surface area contributed by atoms with Crippen molar-refractivity contribution in [1.82, 2.24) is 25.2 Å². The van der Waals surface area contributed by atoms with E-state index < -0.39 is 24.8 Å². The van der Waals surface area contributed by atoms with Crippen molar-refractivity contribution in [1.29, 1.82) is 0 Å². The van der Waals surface area contributed by atoms with Crippen molar-refractivity contribution < 1.29 is 18.0 Å². The van der Waals surface area contributed by atoms with Crippen LogP contribution in [0.4, 0.5) is 18.9 Å². The number of fused-ring (bicyclic) bond motifs is 1. The number of anilines is 1. The number of aryl methyl sites for hydroxylation is 1. The summed E-state index contributed by atoms with van der Waals surface area (Å²) >= 11 is 0. The SMILES string of the molecule is O=C(NCC(F)F)c1ccc(N2CCN(C3C=C(c4nc5c(c(=O)[nH]4)CCC5)CC3)CC2)c(F)n1. The van der Waals surface area contributed by atoms with Crippen LogP contribution in [0.3, 0.4) is 0 Å². The number of carbonyl (C=O) groups is 1. The molecular weight excluding hydrogens is 461 g/mol. The number of hydrogen-bond acceptors (Lipinski definition) is 6. The summed E-state index contributed by atoms with van der Waals surface area (Å²) in [6, 6.07) is 3.05. The first kappa shape index (κ1) is 23.5. The second-order valence-electron chi connectivity index (χ2n) is 9.12. The summed E-state index contributed by atoms with van der Waals surface area (Å²) in [5.74, 6) is -0.941. The largest absolute Gasteiger partial charge is 0.365 e. The number of carbonyl (C=O) groups excluding carboxylic acids is 1. The van der Waals surface area contributed by atoms with Gasteiger partial charge in [-0.3, -0.25) is 14.5 Å². The minimum Gasteiger partial charge on any atom is -0.365 e. The molecule has 1 unspecified atom stereocenters. The van der Waals surface area contributed by atoms with Crippen LogP contribution in [0.5, 0.6) is 0 Å². The Balaban J connectivity index is 1.20. The first-order valence-electron chi connectivity index (χ1n) is 11.9. The molecule has 2 N–H and O–H groups in total. The number of nitrogens with zero attached hydrogens (tertiary/aromatic N) is 4. The van der Waals surface area contributed by atoms with Crippen LogP contribution in [0.25, 0.3) is 5.57 Å². The Labute approximate surface area is 200 Å². The molecule has 0 radical (unpaired) electrons. The van der Waals surface area contributed by atoms with Crippen molar-refractivity contribution in [2.75, 3.05) is 37.6 Å².